The number of aromatic nitrogens is 3. The predicted molar refractivity (Wildman–Crippen MR) is 98.1 cm³/mol. The number of thiazole rings is 1. The second-order valence-corrected chi connectivity index (χ2v) is 7.86. The van der Waals surface area contributed by atoms with Crippen LogP contribution in [0.2, 0.25) is 0 Å². The number of benzene rings is 1. The molecule has 5 rings (SSSR count). The van der Waals surface area contributed by atoms with Crippen molar-refractivity contribution in [3.8, 4) is 11.3 Å². The Morgan fingerprint density at radius 2 is 2.23 bits per heavy atom. The van der Waals surface area contributed by atoms with Crippen molar-refractivity contribution in [2.24, 2.45) is 5.92 Å². The summed E-state index contributed by atoms with van der Waals surface area (Å²) in [6, 6.07) is 8.35. The van der Waals surface area contributed by atoms with Gasteiger partial charge in [-0.05, 0) is 18.4 Å². The predicted octanol–water partition coefficient (Wildman–Crippen LogP) is 2.57. The van der Waals surface area contributed by atoms with Gasteiger partial charge in [-0.15, -0.1) is 11.3 Å². The average molecular weight is 366 g/mol. The van der Waals surface area contributed by atoms with Gasteiger partial charge in [-0.2, -0.15) is 0 Å². The molecule has 0 saturated heterocycles. The summed E-state index contributed by atoms with van der Waals surface area (Å²) in [5.41, 5.74) is 4.15. The molecule has 0 radical (unpaired) electrons. The third-order valence-corrected chi connectivity index (χ3v) is 6.60. The number of hydrogen-bond donors (Lipinski definition) is 2. The van der Waals surface area contributed by atoms with Gasteiger partial charge < -0.3 is 15.0 Å². The van der Waals surface area contributed by atoms with Gasteiger partial charge in [-0.25, -0.2) is 9.97 Å². The molecule has 1 amide bonds. The molecule has 132 valence electrons. The molecule has 2 N–H and O–H groups in total. The zero-order valence-corrected chi connectivity index (χ0v) is 15.0. The van der Waals surface area contributed by atoms with Crippen molar-refractivity contribution in [1.82, 2.24) is 19.9 Å². The lowest BCUT2D eigenvalue weighted by atomic mass is 9.80. The van der Waals surface area contributed by atoms with Crippen molar-refractivity contribution < 1.29 is 9.90 Å². The summed E-state index contributed by atoms with van der Waals surface area (Å²) >= 11 is 1.39. The van der Waals surface area contributed by atoms with Crippen LogP contribution >= 0.6 is 11.3 Å². The smallest absolute Gasteiger partial charge is 0.280 e. The van der Waals surface area contributed by atoms with Gasteiger partial charge in [0.05, 0.1) is 30.0 Å². The zero-order valence-electron chi connectivity index (χ0n) is 14.2. The van der Waals surface area contributed by atoms with Gasteiger partial charge in [0.15, 0.2) is 5.01 Å². The quantitative estimate of drug-likeness (QED) is 0.730. The standard InChI is InChI=1S/C19H18N4O2S/c1-20-18(25)19-22-15-14(26-19)7-6-12(17(15)24)16-11-5-3-2-4-10(11)13-8-21-9-23(13)16/h2-5,8-9,12,16-17,24H,6-7H2,1H3,(H,20,25)/t12-,16+,17-/m1/s1. The van der Waals surface area contributed by atoms with E-state index in [9.17, 15) is 9.90 Å². The number of fused-ring (bicyclic) bond motifs is 4. The third kappa shape index (κ3) is 2.10. The molecule has 1 aromatic carbocycles. The maximum Gasteiger partial charge on any atom is 0.280 e. The number of carbonyl (C=O) groups is 1. The number of hydrogen-bond acceptors (Lipinski definition) is 5. The van der Waals surface area contributed by atoms with Gasteiger partial charge in [0, 0.05) is 23.4 Å². The lowest BCUT2D eigenvalue weighted by Crippen LogP contribution is -2.28. The maximum absolute atomic E-state index is 11.9. The topological polar surface area (TPSA) is 80.0 Å². The average Bonchev–Trinajstić information content (AvgIpc) is 3.36. The first-order chi connectivity index (χ1) is 12.7. The van der Waals surface area contributed by atoms with Crippen LogP contribution in [0.15, 0.2) is 36.8 Å². The summed E-state index contributed by atoms with van der Waals surface area (Å²) in [6.45, 7) is 0. The number of aliphatic hydroxyl groups excluding tert-OH is 1. The number of nitrogens with zero attached hydrogens (tertiary/aromatic N) is 3. The summed E-state index contributed by atoms with van der Waals surface area (Å²) in [5, 5.41) is 14.1. The normalized spacial score (nSPS) is 23.2. The van der Waals surface area contributed by atoms with Crippen LogP contribution in [0.1, 0.15) is 44.5 Å². The molecule has 0 bridgehead atoms. The van der Waals surface area contributed by atoms with E-state index in [0.717, 1.165) is 23.4 Å². The summed E-state index contributed by atoms with van der Waals surface area (Å²) in [5.74, 6) is -0.199. The Kier molecular flexibility index (Phi) is 3.48. The van der Waals surface area contributed by atoms with Gasteiger partial charge in [-0.1, -0.05) is 24.3 Å². The van der Waals surface area contributed by atoms with Crippen molar-refractivity contribution in [3.63, 3.8) is 0 Å². The number of aryl methyl sites for hydroxylation is 1. The number of imidazole rings is 1. The molecule has 7 heteroatoms. The molecule has 3 aromatic rings. The lowest BCUT2D eigenvalue weighted by molar-refractivity contribution is 0.0690. The Balaban J connectivity index is 1.56. The Labute approximate surface area is 154 Å². The lowest BCUT2D eigenvalue weighted by Gasteiger charge is -2.33. The first-order valence-electron chi connectivity index (χ1n) is 8.70. The fourth-order valence-electron chi connectivity index (χ4n) is 4.28. The van der Waals surface area contributed by atoms with Crippen molar-refractivity contribution >= 4 is 17.2 Å². The van der Waals surface area contributed by atoms with Crippen LogP contribution in [-0.2, 0) is 6.42 Å². The van der Waals surface area contributed by atoms with Crippen molar-refractivity contribution in [2.45, 2.75) is 25.0 Å². The fourth-order valence-corrected chi connectivity index (χ4v) is 5.34. The summed E-state index contributed by atoms with van der Waals surface area (Å²) in [4.78, 5) is 21.7. The van der Waals surface area contributed by atoms with Gasteiger partial charge in [0.2, 0.25) is 0 Å². The van der Waals surface area contributed by atoms with Gasteiger partial charge in [0.25, 0.3) is 5.91 Å². The maximum atomic E-state index is 11.9. The van der Waals surface area contributed by atoms with E-state index < -0.39 is 6.10 Å². The fraction of sp³-hybridized carbons (Fsp3) is 0.316. The van der Waals surface area contributed by atoms with Crippen LogP contribution < -0.4 is 5.32 Å². The van der Waals surface area contributed by atoms with Crippen LogP contribution in [0.3, 0.4) is 0 Å². The van der Waals surface area contributed by atoms with Crippen LogP contribution in [0.4, 0.5) is 0 Å². The van der Waals surface area contributed by atoms with E-state index in [1.54, 1.807) is 7.05 Å². The summed E-state index contributed by atoms with van der Waals surface area (Å²) < 4.78 is 2.16. The van der Waals surface area contributed by atoms with Gasteiger partial charge >= 0.3 is 0 Å². The minimum atomic E-state index is -0.695. The molecule has 2 aromatic heterocycles. The molecule has 3 atom stereocenters. The number of rotatable bonds is 2. The molecule has 0 fully saturated rings. The molecule has 1 aliphatic carbocycles. The number of amides is 1. The van der Waals surface area contributed by atoms with E-state index in [1.165, 1.54) is 22.5 Å². The molecule has 0 unspecified atom stereocenters. The second kappa shape index (κ2) is 5.75. The van der Waals surface area contributed by atoms with E-state index in [1.807, 2.05) is 24.7 Å². The molecule has 3 heterocycles. The highest BCUT2D eigenvalue weighted by molar-refractivity contribution is 7.13. The number of nitrogens with one attached hydrogen (secondary N) is 1. The highest BCUT2D eigenvalue weighted by atomic mass is 32.1. The SMILES string of the molecule is CNC(=O)c1nc2c(s1)CC[C@H]([C@@H]1c3ccccc3-c3cncn31)[C@H]2O. The Bertz CT molecular complexity index is 1010. The highest BCUT2D eigenvalue weighted by Gasteiger charge is 2.42. The number of aliphatic hydroxyl groups is 1. The molecule has 1 aliphatic heterocycles. The van der Waals surface area contributed by atoms with Gasteiger partial charge in [-0.3, -0.25) is 4.79 Å². The molecular weight excluding hydrogens is 348 g/mol. The Morgan fingerprint density at radius 3 is 3.08 bits per heavy atom. The molecule has 0 saturated carbocycles. The van der Waals surface area contributed by atoms with E-state index in [2.05, 4.69) is 32.0 Å². The molecule has 26 heavy (non-hydrogen) atoms. The molecule has 0 spiro atoms. The molecule has 2 aliphatic rings. The van der Waals surface area contributed by atoms with E-state index in [0.29, 0.717) is 10.7 Å². The van der Waals surface area contributed by atoms with Crippen LogP contribution in [0.25, 0.3) is 11.3 Å². The summed E-state index contributed by atoms with van der Waals surface area (Å²) in [6.07, 6.45) is 4.71. The molecule has 6 nitrogen and oxygen atoms in total. The van der Waals surface area contributed by atoms with Gasteiger partial charge in [0.1, 0.15) is 6.10 Å². The minimum Gasteiger partial charge on any atom is -0.386 e. The van der Waals surface area contributed by atoms with Crippen LogP contribution in [0, 0.1) is 5.92 Å². The van der Waals surface area contributed by atoms with Crippen molar-refractivity contribution in [2.75, 3.05) is 7.05 Å². The first kappa shape index (κ1) is 15.7. The Hall–Kier alpha value is -2.51. The largest absolute Gasteiger partial charge is 0.386 e. The summed E-state index contributed by atoms with van der Waals surface area (Å²) in [7, 11) is 1.60. The third-order valence-electron chi connectivity index (χ3n) is 5.47. The van der Waals surface area contributed by atoms with Crippen LogP contribution in [-0.4, -0.2) is 32.6 Å². The van der Waals surface area contributed by atoms with E-state index >= 15 is 0 Å². The van der Waals surface area contributed by atoms with E-state index in [4.69, 9.17) is 0 Å². The van der Waals surface area contributed by atoms with Crippen molar-refractivity contribution in [1.29, 1.82) is 0 Å². The molecular formula is C19H18N4O2S. The van der Waals surface area contributed by atoms with Crippen LogP contribution in [0.5, 0.6) is 0 Å². The number of carbonyl (C=O) groups excluding carboxylic acids is 1. The monoisotopic (exact) mass is 366 g/mol. The minimum absolute atomic E-state index is 0.00117. The zero-order chi connectivity index (χ0) is 17.8. The Morgan fingerprint density at radius 1 is 1.38 bits per heavy atom. The first-order valence-corrected chi connectivity index (χ1v) is 9.51. The van der Waals surface area contributed by atoms with E-state index in [-0.39, 0.29) is 17.9 Å². The highest BCUT2D eigenvalue weighted by Crippen LogP contribution is 2.50. The second-order valence-electron chi connectivity index (χ2n) is 6.77. The van der Waals surface area contributed by atoms with Crippen molar-refractivity contribution in [3.05, 3.63) is 57.9 Å².